The van der Waals surface area contributed by atoms with Crippen LogP contribution in [0.3, 0.4) is 0 Å². The van der Waals surface area contributed by atoms with Gasteiger partial charge in [0.25, 0.3) is 0 Å². The molecule has 0 aliphatic carbocycles. The molecule has 3 aromatic rings. The Morgan fingerprint density at radius 3 is 2.44 bits per heavy atom. The van der Waals surface area contributed by atoms with Crippen LogP contribution in [0.2, 0.25) is 0 Å². The molecule has 6 heteroatoms. The molecule has 2 aromatic carbocycles. The van der Waals surface area contributed by atoms with E-state index in [4.69, 9.17) is 9.47 Å². The summed E-state index contributed by atoms with van der Waals surface area (Å²) in [6.45, 7) is 2.54. The van der Waals surface area contributed by atoms with Gasteiger partial charge in [-0.15, -0.1) is 23.1 Å². The maximum absolute atomic E-state index is 13.0. The number of rotatable bonds is 5. The number of amides is 1. The van der Waals surface area contributed by atoms with Gasteiger partial charge in [-0.2, -0.15) is 0 Å². The lowest BCUT2D eigenvalue weighted by Gasteiger charge is -2.26. The molecule has 4 rings (SSSR count). The quantitative estimate of drug-likeness (QED) is 0.600. The molecule has 27 heavy (non-hydrogen) atoms. The highest BCUT2D eigenvalue weighted by Crippen LogP contribution is 2.50. The minimum Gasteiger partial charge on any atom is -0.496 e. The van der Waals surface area contributed by atoms with Crippen molar-refractivity contribution in [3.05, 3.63) is 59.0 Å². The number of thiophene rings is 1. The number of carbonyl (C=O) groups excluding carboxylic acids is 1. The van der Waals surface area contributed by atoms with Crippen LogP contribution in [0.25, 0.3) is 10.1 Å². The summed E-state index contributed by atoms with van der Waals surface area (Å²) < 4.78 is 12.4. The Balaban J connectivity index is 1.76. The van der Waals surface area contributed by atoms with Gasteiger partial charge in [-0.3, -0.25) is 4.79 Å². The molecule has 1 aromatic heterocycles. The molecule has 2 unspecified atom stereocenters. The fraction of sp³-hybridized carbons (Fsp3) is 0.286. The summed E-state index contributed by atoms with van der Waals surface area (Å²) in [6, 6.07) is 14.1. The Labute approximate surface area is 167 Å². The van der Waals surface area contributed by atoms with E-state index in [1.54, 1.807) is 37.3 Å². The van der Waals surface area contributed by atoms with E-state index in [1.165, 1.54) is 15.6 Å². The second-order valence-electron chi connectivity index (χ2n) is 6.43. The fourth-order valence-electron chi connectivity index (χ4n) is 3.52. The third-order valence-corrected chi connectivity index (χ3v) is 7.23. The van der Waals surface area contributed by atoms with Crippen LogP contribution >= 0.6 is 23.1 Å². The second-order valence-corrected chi connectivity index (χ2v) is 8.77. The summed E-state index contributed by atoms with van der Waals surface area (Å²) in [6.07, 6.45) is 0. The van der Waals surface area contributed by atoms with Gasteiger partial charge in [0.05, 0.1) is 25.0 Å². The normalized spacial score (nSPS) is 19.7. The third-order valence-electron chi connectivity index (χ3n) is 4.86. The molecular formula is C21H21NO3S2. The van der Waals surface area contributed by atoms with Crippen molar-refractivity contribution in [2.45, 2.75) is 24.1 Å². The number of carbonyl (C=O) groups is 1. The summed E-state index contributed by atoms with van der Waals surface area (Å²) >= 11 is 3.36. The number of nitrogens with zero attached hydrogens (tertiary/aromatic N) is 1. The molecule has 1 fully saturated rings. The smallest absolute Gasteiger partial charge is 0.236 e. The van der Waals surface area contributed by atoms with Crippen LogP contribution in [-0.4, -0.2) is 30.3 Å². The minimum atomic E-state index is -0.141. The highest BCUT2D eigenvalue weighted by atomic mass is 32.2. The first-order valence-electron chi connectivity index (χ1n) is 8.76. The molecule has 1 aliphatic rings. The van der Waals surface area contributed by atoms with Crippen molar-refractivity contribution in [2.75, 3.05) is 14.2 Å². The molecule has 0 bridgehead atoms. The van der Waals surface area contributed by atoms with Gasteiger partial charge >= 0.3 is 0 Å². The zero-order valence-corrected chi connectivity index (χ0v) is 17.1. The Morgan fingerprint density at radius 2 is 1.74 bits per heavy atom. The van der Waals surface area contributed by atoms with Crippen molar-refractivity contribution in [3.8, 4) is 11.5 Å². The van der Waals surface area contributed by atoms with Gasteiger partial charge in [0.1, 0.15) is 16.9 Å². The van der Waals surface area contributed by atoms with Crippen molar-refractivity contribution < 1.29 is 14.3 Å². The number of hydrogen-bond acceptors (Lipinski definition) is 5. The minimum absolute atomic E-state index is 0.102. The number of fused-ring (bicyclic) bond motifs is 1. The molecule has 1 aliphatic heterocycles. The van der Waals surface area contributed by atoms with Gasteiger partial charge in [-0.25, -0.2) is 0 Å². The van der Waals surface area contributed by atoms with Crippen molar-refractivity contribution in [2.24, 2.45) is 0 Å². The van der Waals surface area contributed by atoms with Crippen molar-refractivity contribution in [1.82, 2.24) is 4.90 Å². The van der Waals surface area contributed by atoms with Crippen LogP contribution in [0.4, 0.5) is 0 Å². The maximum atomic E-state index is 13.0. The predicted molar refractivity (Wildman–Crippen MR) is 112 cm³/mol. The van der Waals surface area contributed by atoms with E-state index in [0.717, 1.165) is 17.1 Å². The number of ether oxygens (including phenoxy) is 2. The molecular weight excluding hydrogens is 378 g/mol. The molecule has 0 saturated carbocycles. The first-order valence-corrected chi connectivity index (χ1v) is 10.6. The van der Waals surface area contributed by atoms with Crippen LogP contribution < -0.4 is 9.47 Å². The maximum Gasteiger partial charge on any atom is 0.236 e. The van der Waals surface area contributed by atoms with Crippen molar-refractivity contribution >= 4 is 39.1 Å². The summed E-state index contributed by atoms with van der Waals surface area (Å²) in [4.78, 5) is 14.9. The number of hydrogen-bond donors (Lipinski definition) is 0. The monoisotopic (exact) mass is 399 g/mol. The molecule has 2 atom stereocenters. The topological polar surface area (TPSA) is 38.8 Å². The van der Waals surface area contributed by atoms with E-state index in [1.807, 2.05) is 42.2 Å². The predicted octanol–water partition coefficient (Wildman–Crippen LogP) is 5.08. The fourth-order valence-corrected chi connectivity index (χ4v) is 5.81. The van der Waals surface area contributed by atoms with E-state index >= 15 is 0 Å². The highest BCUT2D eigenvalue weighted by Gasteiger charge is 2.41. The molecule has 1 amide bonds. The average Bonchev–Trinajstić information content (AvgIpc) is 3.23. The lowest BCUT2D eigenvalue weighted by molar-refractivity contribution is -0.130. The summed E-state index contributed by atoms with van der Waals surface area (Å²) in [5.74, 6) is 1.64. The number of thioether (sulfide) groups is 1. The van der Waals surface area contributed by atoms with E-state index in [-0.39, 0.29) is 16.5 Å². The molecule has 0 radical (unpaired) electrons. The Hall–Kier alpha value is -2.18. The molecule has 4 nitrogen and oxygen atoms in total. The Morgan fingerprint density at radius 1 is 1.04 bits per heavy atom. The lowest BCUT2D eigenvalue weighted by atomic mass is 10.1. The van der Waals surface area contributed by atoms with Gasteiger partial charge in [0.2, 0.25) is 5.91 Å². The average molecular weight is 400 g/mol. The van der Waals surface area contributed by atoms with Gasteiger partial charge in [0.15, 0.2) is 0 Å². The standard InChI is InChI=1S/C21H21NO3S2/c1-13-20(23)22(11-14-12-26-18-10-5-4-7-15(14)18)21(27-13)19-16(24-2)8-6-9-17(19)25-3/h4-10,12-13,21H,11H2,1-3H3. The first-order chi connectivity index (χ1) is 13.1. The Kier molecular flexibility index (Phi) is 5.02. The van der Waals surface area contributed by atoms with Gasteiger partial charge in [-0.1, -0.05) is 24.3 Å². The van der Waals surface area contributed by atoms with Crippen LogP contribution in [0.1, 0.15) is 23.4 Å². The highest BCUT2D eigenvalue weighted by molar-refractivity contribution is 8.01. The van der Waals surface area contributed by atoms with Crippen LogP contribution in [0, 0.1) is 0 Å². The lowest BCUT2D eigenvalue weighted by Crippen LogP contribution is -2.30. The van der Waals surface area contributed by atoms with Crippen LogP contribution in [0.5, 0.6) is 11.5 Å². The second kappa shape index (κ2) is 7.44. The van der Waals surface area contributed by atoms with Crippen LogP contribution in [0.15, 0.2) is 47.8 Å². The zero-order chi connectivity index (χ0) is 19.0. The molecule has 2 heterocycles. The summed E-state index contributed by atoms with van der Waals surface area (Å²) in [5.41, 5.74) is 2.10. The molecule has 1 saturated heterocycles. The molecule has 140 valence electrons. The summed E-state index contributed by atoms with van der Waals surface area (Å²) in [5, 5.41) is 3.12. The van der Waals surface area contributed by atoms with Crippen LogP contribution in [-0.2, 0) is 11.3 Å². The van der Waals surface area contributed by atoms with Crippen molar-refractivity contribution in [3.63, 3.8) is 0 Å². The largest absolute Gasteiger partial charge is 0.496 e. The summed E-state index contributed by atoms with van der Waals surface area (Å²) in [7, 11) is 3.31. The number of methoxy groups -OCH3 is 2. The van der Waals surface area contributed by atoms with Crippen molar-refractivity contribution in [1.29, 1.82) is 0 Å². The van der Waals surface area contributed by atoms with E-state index in [0.29, 0.717) is 6.54 Å². The number of benzene rings is 2. The first kappa shape index (κ1) is 18.2. The van der Waals surface area contributed by atoms with Gasteiger partial charge in [-0.05, 0) is 41.5 Å². The van der Waals surface area contributed by atoms with E-state index < -0.39 is 0 Å². The van der Waals surface area contributed by atoms with Gasteiger partial charge < -0.3 is 14.4 Å². The van der Waals surface area contributed by atoms with E-state index in [9.17, 15) is 4.79 Å². The third kappa shape index (κ3) is 3.17. The Bertz CT molecular complexity index is 962. The molecule has 0 N–H and O–H groups in total. The molecule has 0 spiro atoms. The van der Waals surface area contributed by atoms with Gasteiger partial charge in [0, 0.05) is 11.2 Å². The zero-order valence-electron chi connectivity index (χ0n) is 15.5. The van der Waals surface area contributed by atoms with E-state index in [2.05, 4.69) is 17.5 Å². The SMILES string of the molecule is COc1cccc(OC)c1C1SC(C)C(=O)N1Cc1csc2ccccc12.